The Morgan fingerprint density at radius 3 is 2.95 bits per heavy atom. The number of hydrogen-bond donors (Lipinski definition) is 2. The molecule has 1 saturated heterocycles. The highest BCUT2D eigenvalue weighted by Crippen LogP contribution is 2.17. The molecule has 2 unspecified atom stereocenters. The maximum Gasteiger partial charge on any atom is 0.322 e. The lowest BCUT2D eigenvalue weighted by atomic mass is 9.96. The molecule has 0 saturated carbocycles. The monoisotopic (exact) mass is 265 g/mol. The van der Waals surface area contributed by atoms with Crippen molar-refractivity contribution in [2.45, 2.75) is 19.4 Å². The van der Waals surface area contributed by atoms with Crippen molar-refractivity contribution in [2.75, 3.05) is 18.4 Å². The van der Waals surface area contributed by atoms with Crippen molar-refractivity contribution in [3.63, 3.8) is 0 Å². The second-order valence-corrected chi connectivity index (χ2v) is 5.05. The van der Waals surface area contributed by atoms with Crippen LogP contribution in [0.15, 0.2) is 23.1 Å². The summed E-state index contributed by atoms with van der Waals surface area (Å²) in [4.78, 5) is 25.4. The van der Waals surface area contributed by atoms with Crippen molar-refractivity contribution in [1.29, 1.82) is 0 Å². The normalized spacial score (nSPS) is 23.2. The molecule has 1 aromatic rings. The molecule has 0 aromatic carbocycles. The first-order chi connectivity index (χ1) is 8.99. The van der Waals surface area contributed by atoms with E-state index >= 15 is 0 Å². The third-order valence-corrected chi connectivity index (χ3v) is 3.57. The lowest BCUT2D eigenvalue weighted by Gasteiger charge is -2.34. The lowest BCUT2D eigenvalue weighted by Crippen LogP contribution is -2.47. The van der Waals surface area contributed by atoms with E-state index in [9.17, 15) is 14.7 Å². The number of β-amino-alcohol motifs (C(OH)–C–C–N with tert-alkyl or cyclic N) is 1. The SMILES string of the molecule is CC1CCN(C(=O)Nc2cccn(C)c2=O)CC1O. The van der Waals surface area contributed by atoms with Gasteiger partial charge in [0, 0.05) is 26.3 Å². The van der Waals surface area contributed by atoms with Gasteiger partial charge in [0.25, 0.3) is 5.56 Å². The molecule has 2 N–H and O–H groups in total. The molecule has 1 aliphatic rings. The van der Waals surface area contributed by atoms with Crippen LogP contribution in [0.5, 0.6) is 0 Å². The third-order valence-electron chi connectivity index (χ3n) is 3.57. The zero-order valence-electron chi connectivity index (χ0n) is 11.2. The van der Waals surface area contributed by atoms with Gasteiger partial charge in [0.05, 0.1) is 6.10 Å². The van der Waals surface area contributed by atoms with E-state index in [0.717, 1.165) is 6.42 Å². The predicted molar refractivity (Wildman–Crippen MR) is 72.1 cm³/mol. The molecule has 2 atom stereocenters. The van der Waals surface area contributed by atoms with Gasteiger partial charge in [-0.2, -0.15) is 0 Å². The number of aliphatic hydroxyl groups is 1. The van der Waals surface area contributed by atoms with E-state index in [0.29, 0.717) is 13.1 Å². The number of nitrogens with one attached hydrogen (secondary N) is 1. The smallest absolute Gasteiger partial charge is 0.322 e. The number of anilines is 1. The highest BCUT2D eigenvalue weighted by atomic mass is 16.3. The van der Waals surface area contributed by atoms with Crippen molar-refractivity contribution in [3.8, 4) is 0 Å². The molecule has 0 spiro atoms. The van der Waals surface area contributed by atoms with Crippen LogP contribution < -0.4 is 10.9 Å². The van der Waals surface area contributed by atoms with Crippen molar-refractivity contribution in [3.05, 3.63) is 28.7 Å². The number of likely N-dealkylation sites (tertiary alicyclic amines) is 1. The maximum atomic E-state index is 12.0. The number of piperidine rings is 1. The minimum absolute atomic E-state index is 0.202. The first-order valence-corrected chi connectivity index (χ1v) is 6.38. The molecule has 0 radical (unpaired) electrons. The average Bonchev–Trinajstić information content (AvgIpc) is 2.38. The average molecular weight is 265 g/mol. The summed E-state index contributed by atoms with van der Waals surface area (Å²) in [5, 5.41) is 12.4. The Bertz CT molecular complexity index is 526. The Labute approximate surface area is 111 Å². The zero-order chi connectivity index (χ0) is 14.0. The standard InChI is InChI=1S/C13H19N3O3/c1-9-5-7-16(8-11(9)17)13(19)14-10-4-3-6-15(2)12(10)18/h3-4,6,9,11,17H,5,7-8H2,1-2H3,(H,14,19). The summed E-state index contributed by atoms with van der Waals surface area (Å²) in [5.74, 6) is 0.202. The number of amides is 2. The van der Waals surface area contributed by atoms with Crippen molar-refractivity contribution in [1.82, 2.24) is 9.47 Å². The van der Waals surface area contributed by atoms with Gasteiger partial charge in [0.2, 0.25) is 0 Å². The van der Waals surface area contributed by atoms with E-state index < -0.39 is 6.10 Å². The highest BCUT2D eigenvalue weighted by Gasteiger charge is 2.27. The summed E-state index contributed by atoms with van der Waals surface area (Å²) >= 11 is 0. The summed E-state index contributed by atoms with van der Waals surface area (Å²) in [6.45, 7) is 2.87. The highest BCUT2D eigenvalue weighted by molar-refractivity contribution is 5.89. The van der Waals surface area contributed by atoms with Gasteiger partial charge in [-0.15, -0.1) is 0 Å². The molecule has 2 amide bonds. The zero-order valence-corrected chi connectivity index (χ0v) is 11.2. The van der Waals surface area contributed by atoms with E-state index in [-0.39, 0.29) is 23.2 Å². The van der Waals surface area contributed by atoms with Crippen LogP contribution in [0.25, 0.3) is 0 Å². The van der Waals surface area contributed by atoms with Crippen LogP contribution in [0.2, 0.25) is 0 Å². The summed E-state index contributed by atoms with van der Waals surface area (Å²) in [7, 11) is 1.63. The minimum atomic E-state index is -0.502. The number of carbonyl (C=O) groups excluding carboxylic acids is 1. The quantitative estimate of drug-likeness (QED) is 0.781. The number of aliphatic hydroxyl groups excluding tert-OH is 1. The summed E-state index contributed by atoms with van der Waals surface area (Å²) < 4.78 is 1.41. The summed E-state index contributed by atoms with van der Waals surface area (Å²) in [6, 6.07) is 2.93. The molecular formula is C13H19N3O3. The predicted octanol–water partition coefficient (Wildman–Crippen LogP) is 0.620. The Morgan fingerprint density at radius 2 is 2.26 bits per heavy atom. The van der Waals surface area contributed by atoms with Crippen molar-refractivity contribution >= 4 is 11.7 Å². The van der Waals surface area contributed by atoms with Gasteiger partial charge in [0.15, 0.2) is 0 Å². The van der Waals surface area contributed by atoms with Crippen LogP contribution in [0, 0.1) is 5.92 Å². The molecular weight excluding hydrogens is 246 g/mol. The van der Waals surface area contributed by atoms with Gasteiger partial charge in [-0.3, -0.25) is 4.79 Å². The third kappa shape index (κ3) is 2.96. The molecule has 104 valence electrons. The van der Waals surface area contributed by atoms with Crippen LogP contribution in [0.4, 0.5) is 10.5 Å². The number of hydrogen-bond acceptors (Lipinski definition) is 3. The Balaban J connectivity index is 2.05. The van der Waals surface area contributed by atoms with Crippen LogP contribution in [0.3, 0.4) is 0 Å². The first kappa shape index (κ1) is 13.6. The van der Waals surface area contributed by atoms with E-state index in [1.54, 1.807) is 25.4 Å². The number of urea groups is 1. The molecule has 1 aromatic heterocycles. The Kier molecular flexibility index (Phi) is 3.90. The van der Waals surface area contributed by atoms with Crippen LogP contribution >= 0.6 is 0 Å². The molecule has 6 heteroatoms. The number of nitrogens with zero attached hydrogens (tertiary/aromatic N) is 2. The van der Waals surface area contributed by atoms with Gasteiger partial charge in [-0.05, 0) is 24.5 Å². The largest absolute Gasteiger partial charge is 0.391 e. The summed E-state index contributed by atoms with van der Waals surface area (Å²) in [6.07, 6.45) is 1.89. The van der Waals surface area contributed by atoms with E-state index in [1.165, 1.54) is 9.47 Å². The fourth-order valence-corrected chi connectivity index (χ4v) is 2.12. The molecule has 19 heavy (non-hydrogen) atoms. The molecule has 6 nitrogen and oxygen atoms in total. The molecule has 0 aliphatic carbocycles. The number of aromatic nitrogens is 1. The number of carbonyl (C=O) groups is 1. The number of rotatable bonds is 1. The van der Waals surface area contributed by atoms with Crippen LogP contribution in [-0.4, -0.2) is 39.8 Å². The van der Waals surface area contributed by atoms with E-state index in [2.05, 4.69) is 5.32 Å². The van der Waals surface area contributed by atoms with Crippen molar-refractivity contribution < 1.29 is 9.90 Å². The molecule has 1 fully saturated rings. The second-order valence-electron chi connectivity index (χ2n) is 5.05. The molecule has 0 bridgehead atoms. The van der Waals surface area contributed by atoms with E-state index in [4.69, 9.17) is 0 Å². The minimum Gasteiger partial charge on any atom is -0.391 e. The van der Waals surface area contributed by atoms with Gasteiger partial charge in [-0.25, -0.2) is 4.79 Å². The fourth-order valence-electron chi connectivity index (χ4n) is 2.12. The fraction of sp³-hybridized carbons (Fsp3) is 0.538. The number of aryl methyl sites for hydroxylation is 1. The van der Waals surface area contributed by atoms with Crippen LogP contribution in [-0.2, 0) is 7.05 Å². The van der Waals surface area contributed by atoms with Crippen molar-refractivity contribution in [2.24, 2.45) is 13.0 Å². The van der Waals surface area contributed by atoms with Crippen LogP contribution in [0.1, 0.15) is 13.3 Å². The molecule has 2 rings (SSSR count). The van der Waals surface area contributed by atoms with Gasteiger partial charge in [0.1, 0.15) is 5.69 Å². The molecule has 2 heterocycles. The topological polar surface area (TPSA) is 74.6 Å². The Morgan fingerprint density at radius 1 is 1.53 bits per heavy atom. The van der Waals surface area contributed by atoms with E-state index in [1.807, 2.05) is 6.92 Å². The van der Waals surface area contributed by atoms with Gasteiger partial charge < -0.3 is 19.9 Å². The second kappa shape index (κ2) is 5.44. The van der Waals surface area contributed by atoms with Gasteiger partial charge >= 0.3 is 6.03 Å². The Hall–Kier alpha value is -1.82. The maximum absolute atomic E-state index is 12.0. The first-order valence-electron chi connectivity index (χ1n) is 6.38. The lowest BCUT2D eigenvalue weighted by molar-refractivity contribution is 0.0463. The van der Waals surface area contributed by atoms with Gasteiger partial charge in [-0.1, -0.05) is 6.92 Å². The molecule has 1 aliphatic heterocycles. The summed E-state index contributed by atoms with van der Waals surface area (Å²) in [5.41, 5.74) is 0.00453. The number of pyridine rings is 1.